The van der Waals surface area contributed by atoms with Gasteiger partial charge < -0.3 is 14.6 Å². The summed E-state index contributed by atoms with van der Waals surface area (Å²) in [6, 6.07) is 0. The van der Waals surface area contributed by atoms with Crippen molar-refractivity contribution in [3.05, 3.63) is 34.9 Å². The smallest absolute Gasteiger partial charge is 0.330 e. The number of hydrogen-bond donors (Lipinski definition) is 1. The summed E-state index contributed by atoms with van der Waals surface area (Å²) in [5.41, 5.74) is 3.61. The summed E-state index contributed by atoms with van der Waals surface area (Å²) in [5.74, 6) is -0.978. The molecule has 142 valence electrons. The molecule has 0 aliphatic heterocycles. The summed E-state index contributed by atoms with van der Waals surface area (Å²) < 4.78 is 9.56. The number of carbonyl (C=O) groups is 2. The van der Waals surface area contributed by atoms with Gasteiger partial charge in [0.15, 0.2) is 0 Å². The van der Waals surface area contributed by atoms with E-state index >= 15 is 0 Å². The van der Waals surface area contributed by atoms with Gasteiger partial charge in [-0.05, 0) is 53.4 Å². The average Bonchev–Trinajstić information content (AvgIpc) is 2.50. The van der Waals surface area contributed by atoms with Crippen LogP contribution in [0.15, 0.2) is 34.9 Å². The van der Waals surface area contributed by atoms with Crippen molar-refractivity contribution in [1.82, 2.24) is 0 Å². The summed E-state index contributed by atoms with van der Waals surface area (Å²) in [7, 11) is 0. The number of aliphatic hydroxyl groups excluding tert-OH is 1. The molecule has 1 atom stereocenters. The Kier molecular flexibility index (Phi) is 12.4. The lowest BCUT2D eigenvalue weighted by Gasteiger charge is -2.10. The van der Waals surface area contributed by atoms with Crippen molar-refractivity contribution in [3.63, 3.8) is 0 Å². The Morgan fingerprint density at radius 3 is 2.04 bits per heavy atom. The van der Waals surface area contributed by atoms with Gasteiger partial charge in [-0.15, -0.1) is 0 Å². The molecule has 0 fully saturated rings. The highest BCUT2D eigenvalue weighted by atomic mass is 16.6. The third-order valence-electron chi connectivity index (χ3n) is 3.38. The molecule has 5 heteroatoms. The molecule has 0 unspecified atom stereocenters. The summed E-state index contributed by atoms with van der Waals surface area (Å²) in [4.78, 5) is 22.3. The van der Waals surface area contributed by atoms with Gasteiger partial charge in [-0.25, -0.2) is 4.79 Å². The van der Waals surface area contributed by atoms with Crippen molar-refractivity contribution < 1.29 is 24.2 Å². The SMILES string of the molecule is CC(=O)OC[C@H](O)COC(=O)/C=C(\C)CC/C=C(\C)CCC=C(C)C. The van der Waals surface area contributed by atoms with E-state index < -0.39 is 18.0 Å². The number of aliphatic hydroxyl groups is 1. The number of rotatable bonds is 11. The maximum Gasteiger partial charge on any atom is 0.330 e. The van der Waals surface area contributed by atoms with E-state index in [-0.39, 0.29) is 13.2 Å². The first-order valence-corrected chi connectivity index (χ1v) is 8.65. The van der Waals surface area contributed by atoms with Crippen LogP contribution >= 0.6 is 0 Å². The maximum atomic E-state index is 11.7. The highest BCUT2D eigenvalue weighted by Gasteiger charge is 2.09. The molecular weight excluding hydrogens is 320 g/mol. The average molecular weight is 352 g/mol. The van der Waals surface area contributed by atoms with Gasteiger partial charge in [0.25, 0.3) is 0 Å². The molecule has 0 rings (SSSR count). The Morgan fingerprint density at radius 1 is 0.880 bits per heavy atom. The van der Waals surface area contributed by atoms with Crippen LogP contribution in [0.5, 0.6) is 0 Å². The molecule has 25 heavy (non-hydrogen) atoms. The van der Waals surface area contributed by atoms with Crippen LogP contribution in [0.2, 0.25) is 0 Å². The van der Waals surface area contributed by atoms with Crippen molar-refractivity contribution in [2.75, 3.05) is 13.2 Å². The minimum absolute atomic E-state index is 0.178. The van der Waals surface area contributed by atoms with Crippen LogP contribution in [0.25, 0.3) is 0 Å². The second kappa shape index (κ2) is 13.4. The molecule has 0 aromatic rings. The minimum atomic E-state index is -1.01. The Bertz CT molecular complexity index is 510. The molecule has 0 aliphatic rings. The van der Waals surface area contributed by atoms with Crippen LogP contribution in [0.1, 0.15) is 60.3 Å². The van der Waals surface area contributed by atoms with E-state index in [2.05, 4.69) is 37.7 Å². The third kappa shape index (κ3) is 15.4. The largest absolute Gasteiger partial charge is 0.463 e. The third-order valence-corrected chi connectivity index (χ3v) is 3.38. The van der Waals surface area contributed by atoms with Gasteiger partial charge in [-0.3, -0.25) is 4.79 Å². The van der Waals surface area contributed by atoms with E-state index in [0.717, 1.165) is 31.3 Å². The van der Waals surface area contributed by atoms with Gasteiger partial charge in [0, 0.05) is 13.0 Å². The lowest BCUT2D eigenvalue weighted by molar-refractivity contribution is -0.148. The van der Waals surface area contributed by atoms with Crippen LogP contribution in [-0.4, -0.2) is 36.4 Å². The Balaban J connectivity index is 4.07. The Morgan fingerprint density at radius 2 is 1.44 bits per heavy atom. The van der Waals surface area contributed by atoms with E-state index in [1.54, 1.807) is 0 Å². The first kappa shape index (κ1) is 23.1. The van der Waals surface area contributed by atoms with Crippen LogP contribution in [0.3, 0.4) is 0 Å². The summed E-state index contributed by atoms with van der Waals surface area (Å²) >= 11 is 0. The normalized spacial score (nSPS) is 13.2. The molecule has 0 saturated heterocycles. The lowest BCUT2D eigenvalue weighted by atomic mass is 10.1. The number of hydrogen-bond acceptors (Lipinski definition) is 5. The Hall–Kier alpha value is -1.88. The fraction of sp³-hybridized carbons (Fsp3) is 0.600. The first-order valence-electron chi connectivity index (χ1n) is 8.65. The second-order valence-corrected chi connectivity index (χ2v) is 6.49. The molecule has 0 aromatic carbocycles. The topological polar surface area (TPSA) is 72.8 Å². The quantitative estimate of drug-likeness (QED) is 0.347. The lowest BCUT2D eigenvalue weighted by Crippen LogP contribution is -2.24. The van der Waals surface area contributed by atoms with Crippen molar-refractivity contribution in [2.45, 2.75) is 66.4 Å². The molecule has 0 saturated carbocycles. The van der Waals surface area contributed by atoms with Crippen molar-refractivity contribution >= 4 is 11.9 Å². The fourth-order valence-electron chi connectivity index (χ4n) is 1.99. The van der Waals surface area contributed by atoms with Gasteiger partial charge in [0.2, 0.25) is 0 Å². The van der Waals surface area contributed by atoms with E-state index in [1.807, 2.05) is 6.92 Å². The van der Waals surface area contributed by atoms with E-state index in [0.29, 0.717) is 0 Å². The van der Waals surface area contributed by atoms with Crippen molar-refractivity contribution in [2.24, 2.45) is 0 Å². The monoisotopic (exact) mass is 352 g/mol. The Labute approximate surface area is 151 Å². The molecule has 0 radical (unpaired) electrons. The van der Waals surface area contributed by atoms with E-state index in [4.69, 9.17) is 4.74 Å². The summed E-state index contributed by atoms with van der Waals surface area (Å²) in [5, 5.41) is 9.50. The van der Waals surface area contributed by atoms with E-state index in [1.165, 1.54) is 24.1 Å². The van der Waals surface area contributed by atoms with Crippen molar-refractivity contribution in [1.29, 1.82) is 0 Å². The molecule has 0 amide bonds. The van der Waals surface area contributed by atoms with Crippen molar-refractivity contribution in [3.8, 4) is 0 Å². The predicted octanol–water partition coefficient (Wildman–Crippen LogP) is 3.87. The van der Waals surface area contributed by atoms with Crippen LogP contribution in [0, 0.1) is 0 Å². The number of carbonyl (C=O) groups excluding carboxylic acids is 2. The maximum absolute atomic E-state index is 11.7. The first-order chi connectivity index (χ1) is 11.7. The molecule has 5 nitrogen and oxygen atoms in total. The van der Waals surface area contributed by atoms with E-state index in [9.17, 15) is 14.7 Å². The molecule has 0 heterocycles. The zero-order chi connectivity index (χ0) is 19.2. The molecular formula is C20H32O5. The fourth-order valence-corrected chi connectivity index (χ4v) is 1.99. The molecule has 0 aromatic heterocycles. The van der Waals surface area contributed by atoms with Gasteiger partial charge in [0.05, 0.1) is 0 Å². The standard InChI is InChI=1S/C20H32O5/c1-15(2)8-6-9-16(3)10-7-11-17(4)12-20(23)25-14-19(22)13-24-18(5)21/h8,10,12,19,22H,6-7,9,11,13-14H2,1-5H3/b16-10+,17-12+/t19-/m0/s1. The number of esters is 2. The zero-order valence-electron chi connectivity index (χ0n) is 16.1. The molecule has 0 bridgehead atoms. The zero-order valence-corrected chi connectivity index (χ0v) is 16.1. The second-order valence-electron chi connectivity index (χ2n) is 6.49. The molecule has 1 N–H and O–H groups in total. The van der Waals surface area contributed by atoms with Gasteiger partial charge in [-0.2, -0.15) is 0 Å². The van der Waals surface area contributed by atoms with Crippen LogP contribution in [-0.2, 0) is 19.1 Å². The highest BCUT2D eigenvalue weighted by molar-refractivity contribution is 5.82. The van der Waals surface area contributed by atoms with Gasteiger partial charge in [-0.1, -0.05) is 28.9 Å². The van der Waals surface area contributed by atoms with Gasteiger partial charge in [0.1, 0.15) is 19.3 Å². The molecule has 0 aliphatic carbocycles. The molecule has 0 spiro atoms. The van der Waals surface area contributed by atoms with Crippen LogP contribution < -0.4 is 0 Å². The highest BCUT2D eigenvalue weighted by Crippen LogP contribution is 2.11. The summed E-state index contributed by atoms with van der Waals surface area (Å²) in [6.07, 6.45) is 8.63. The van der Waals surface area contributed by atoms with Gasteiger partial charge >= 0.3 is 11.9 Å². The number of ether oxygens (including phenoxy) is 2. The summed E-state index contributed by atoms with van der Waals surface area (Å²) in [6.45, 7) is 9.08. The minimum Gasteiger partial charge on any atom is -0.463 e. The van der Waals surface area contributed by atoms with Crippen LogP contribution in [0.4, 0.5) is 0 Å². The predicted molar refractivity (Wildman–Crippen MR) is 99.0 cm³/mol. The number of allylic oxidation sites excluding steroid dienone is 5.